The Bertz CT molecular complexity index is 1150. The minimum Gasteiger partial charge on any atom is -0.396 e. The Morgan fingerprint density at radius 3 is 2.66 bits per heavy atom. The van der Waals surface area contributed by atoms with Crippen molar-refractivity contribution in [3.05, 3.63) is 54.6 Å². The summed E-state index contributed by atoms with van der Waals surface area (Å²) < 4.78 is 4.04. The van der Waals surface area contributed by atoms with Crippen LogP contribution >= 0.6 is 0 Å². The van der Waals surface area contributed by atoms with Crippen molar-refractivity contribution >= 4 is 22.9 Å². The number of fused-ring (bicyclic) bond motifs is 1. The van der Waals surface area contributed by atoms with E-state index in [1.807, 2.05) is 23.3 Å². The monoisotopic (exact) mass is 432 g/mol. The zero-order chi connectivity index (χ0) is 21.8. The predicted octanol–water partition coefficient (Wildman–Crippen LogP) is 3.53. The van der Waals surface area contributed by atoms with E-state index >= 15 is 0 Å². The first-order valence-electron chi connectivity index (χ1n) is 11.2. The number of rotatable bonds is 9. The highest BCUT2D eigenvalue weighted by molar-refractivity contribution is 5.84. The first-order chi connectivity index (χ1) is 15.8. The summed E-state index contributed by atoms with van der Waals surface area (Å²) in [7, 11) is 0. The van der Waals surface area contributed by atoms with Crippen molar-refractivity contribution in [2.24, 2.45) is 0 Å². The number of aromatic nitrogens is 6. The van der Waals surface area contributed by atoms with Crippen molar-refractivity contribution in [1.29, 1.82) is 0 Å². The minimum absolute atomic E-state index is 0.134. The lowest BCUT2D eigenvalue weighted by Gasteiger charge is -2.14. The third kappa shape index (κ3) is 4.29. The maximum Gasteiger partial charge on any atom is 0.226 e. The van der Waals surface area contributed by atoms with Gasteiger partial charge in [0.15, 0.2) is 17.0 Å². The molecule has 3 aromatic heterocycles. The number of nitrogens with one attached hydrogen (secondary N) is 2. The molecule has 3 heterocycles. The van der Waals surface area contributed by atoms with Gasteiger partial charge in [0.2, 0.25) is 5.95 Å². The Labute approximate surface area is 186 Å². The molecule has 166 valence electrons. The van der Waals surface area contributed by atoms with Crippen molar-refractivity contribution in [2.45, 2.75) is 44.7 Å². The predicted molar refractivity (Wildman–Crippen MR) is 124 cm³/mol. The number of nitrogens with zero attached hydrogens (tertiary/aromatic N) is 6. The molecule has 0 amide bonds. The molecule has 0 aliphatic heterocycles. The second-order valence-electron chi connectivity index (χ2n) is 8.13. The Kier molecular flexibility index (Phi) is 5.98. The number of hydrogen-bond acceptors (Lipinski definition) is 7. The molecule has 0 bridgehead atoms. The van der Waals surface area contributed by atoms with Gasteiger partial charge in [-0.15, -0.1) is 0 Å². The third-order valence-electron chi connectivity index (χ3n) is 5.92. The van der Waals surface area contributed by atoms with E-state index in [4.69, 9.17) is 10.1 Å². The van der Waals surface area contributed by atoms with E-state index in [1.165, 1.54) is 12.8 Å². The van der Waals surface area contributed by atoms with E-state index < -0.39 is 0 Å². The number of imidazole rings is 1. The smallest absolute Gasteiger partial charge is 0.226 e. The summed E-state index contributed by atoms with van der Waals surface area (Å²) in [5.74, 6) is 1.27. The maximum atomic E-state index is 9.10. The van der Waals surface area contributed by atoms with Crippen LogP contribution in [0, 0.1) is 0 Å². The van der Waals surface area contributed by atoms with E-state index in [0.29, 0.717) is 31.5 Å². The van der Waals surface area contributed by atoms with Crippen LogP contribution in [0.4, 0.5) is 11.8 Å². The molecular weight excluding hydrogens is 404 g/mol. The molecular formula is C23H28N8O. The summed E-state index contributed by atoms with van der Waals surface area (Å²) >= 11 is 0. The summed E-state index contributed by atoms with van der Waals surface area (Å²) in [6.07, 6.45) is 11.1. The van der Waals surface area contributed by atoms with Crippen molar-refractivity contribution in [2.75, 3.05) is 23.8 Å². The fourth-order valence-electron chi connectivity index (χ4n) is 4.22. The van der Waals surface area contributed by atoms with Gasteiger partial charge >= 0.3 is 0 Å². The molecule has 0 unspecified atom stereocenters. The number of anilines is 2. The lowest BCUT2D eigenvalue weighted by Crippen LogP contribution is -2.11. The second kappa shape index (κ2) is 9.35. The van der Waals surface area contributed by atoms with Crippen LogP contribution in [0.2, 0.25) is 0 Å². The highest BCUT2D eigenvalue weighted by Gasteiger charge is 2.21. The SMILES string of the molecule is OCCCNc1nc(NCc2ccc(-n3cccn3)cc2)c2ncn(C3CCCC3)c2n1. The fraction of sp³-hybridized carbons (Fsp3) is 0.391. The molecule has 1 aliphatic carbocycles. The zero-order valence-corrected chi connectivity index (χ0v) is 18.0. The number of benzene rings is 1. The number of hydrogen-bond donors (Lipinski definition) is 3. The van der Waals surface area contributed by atoms with Gasteiger partial charge in [0.25, 0.3) is 0 Å². The van der Waals surface area contributed by atoms with Gasteiger partial charge in [0.1, 0.15) is 0 Å². The van der Waals surface area contributed by atoms with Crippen molar-refractivity contribution < 1.29 is 5.11 Å². The molecule has 0 radical (unpaired) electrons. The van der Waals surface area contributed by atoms with E-state index in [1.54, 1.807) is 6.20 Å². The van der Waals surface area contributed by atoms with Gasteiger partial charge in [-0.2, -0.15) is 15.1 Å². The first kappa shape index (κ1) is 20.4. The molecule has 1 fully saturated rings. The Morgan fingerprint density at radius 2 is 1.91 bits per heavy atom. The number of aliphatic hydroxyl groups excluding tert-OH is 1. The zero-order valence-electron chi connectivity index (χ0n) is 18.0. The summed E-state index contributed by atoms with van der Waals surface area (Å²) in [4.78, 5) is 14.1. The van der Waals surface area contributed by atoms with Crippen LogP contribution in [0.15, 0.2) is 49.1 Å². The van der Waals surface area contributed by atoms with Crippen LogP contribution in [0.25, 0.3) is 16.9 Å². The van der Waals surface area contributed by atoms with Gasteiger partial charge in [-0.1, -0.05) is 25.0 Å². The molecule has 0 spiro atoms. The second-order valence-corrected chi connectivity index (χ2v) is 8.13. The van der Waals surface area contributed by atoms with Gasteiger partial charge in [0, 0.05) is 38.1 Å². The molecule has 1 aliphatic rings. The average Bonchev–Trinajstić information content (AvgIpc) is 3.59. The number of aliphatic hydroxyl groups is 1. The summed E-state index contributed by atoms with van der Waals surface area (Å²) in [6.45, 7) is 1.38. The quantitative estimate of drug-likeness (QED) is 0.347. The van der Waals surface area contributed by atoms with Crippen LogP contribution in [0.5, 0.6) is 0 Å². The molecule has 0 atom stereocenters. The molecule has 9 nitrogen and oxygen atoms in total. The van der Waals surface area contributed by atoms with Gasteiger partial charge in [-0.05, 0) is 43.0 Å². The third-order valence-corrected chi connectivity index (χ3v) is 5.92. The summed E-state index contributed by atoms with van der Waals surface area (Å²) in [5.41, 5.74) is 3.80. The molecule has 4 aromatic rings. The molecule has 9 heteroatoms. The molecule has 1 saturated carbocycles. The van der Waals surface area contributed by atoms with Crippen molar-refractivity contribution in [3.63, 3.8) is 0 Å². The van der Waals surface area contributed by atoms with Gasteiger partial charge in [-0.3, -0.25) is 0 Å². The van der Waals surface area contributed by atoms with E-state index in [2.05, 4.69) is 54.5 Å². The average molecular weight is 433 g/mol. The lowest BCUT2D eigenvalue weighted by atomic mass is 10.2. The minimum atomic E-state index is 0.134. The maximum absolute atomic E-state index is 9.10. The van der Waals surface area contributed by atoms with Gasteiger partial charge in [-0.25, -0.2) is 9.67 Å². The van der Waals surface area contributed by atoms with Crippen LogP contribution in [-0.4, -0.2) is 47.6 Å². The molecule has 32 heavy (non-hydrogen) atoms. The summed E-state index contributed by atoms with van der Waals surface area (Å²) in [6, 6.07) is 10.6. The lowest BCUT2D eigenvalue weighted by molar-refractivity contribution is 0.292. The standard InChI is InChI=1S/C23H28N8O/c32-14-4-11-24-23-28-21(20-22(29-23)30(16-26-20)18-5-1-2-6-18)25-15-17-7-9-19(10-8-17)31-13-3-12-27-31/h3,7-10,12-13,16,18,32H,1-2,4-6,11,14-15H2,(H2,24,25,28,29). The van der Waals surface area contributed by atoms with Crippen LogP contribution < -0.4 is 10.6 Å². The van der Waals surface area contributed by atoms with Crippen LogP contribution in [0.3, 0.4) is 0 Å². The van der Waals surface area contributed by atoms with Gasteiger partial charge < -0.3 is 20.3 Å². The van der Waals surface area contributed by atoms with E-state index in [9.17, 15) is 0 Å². The Hall–Kier alpha value is -3.46. The fourth-order valence-corrected chi connectivity index (χ4v) is 4.22. The largest absolute Gasteiger partial charge is 0.396 e. The van der Waals surface area contributed by atoms with E-state index in [-0.39, 0.29) is 6.61 Å². The highest BCUT2D eigenvalue weighted by Crippen LogP contribution is 2.33. The summed E-state index contributed by atoms with van der Waals surface area (Å²) in [5, 5.41) is 20.1. The topological polar surface area (TPSA) is 106 Å². The molecule has 5 rings (SSSR count). The Balaban J connectivity index is 1.39. The normalized spacial score (nSPS) is 14.3. The molecule has 1 aromatic carbocycles. The Morgan fingerprint density at radius 1 is 1.06 bits per heavy atom. The highest BCUT2D eigenvalue weighted by atomic mass is 16.3. The molecule has 0 saturated heterocycles. The van der Waals surface area contributed by atoms with Crippen LogP contribution in [-0.2, 0) is 6.54 Å². The first-order valence-corrected chi connectivity index (χ1v) is 11.2. The van der Waals surface area contributed by atoms with E-state index in [0.717, 1.165) is 41.1 Å². The van der Waals surface area contributed by atoms with Crippen molar-refractivity contribution in [3.8, 4) is 5.69 Å². The van der Waals surface area contributed by atoms with Crippen molar-refractivity contribution in [1.82, 2.24) is 29.3 Å². The van der Waals surface area contributed by atoms with Crippen LogP contribution in [0.1, 0.15) is 43.7 Å². The molecule has 3 N–H and O–H groups in total. The van der Waals surface area contributed by atoms with Gasteiger partial charge in [0.05, 0.1) is 12.0 Å².